The van der Waals surface area contributed by atoms with E-state index in [0.717, 1.165) is 34.0 Å². The number of anilines is 1. The van der Waals surface area contributed by atoms with Crippen LogP contribution < -0.4 is 9.64 Å². The Morgan fingerprint density at radius 1 is 0.914 bits per heavy atom. The van der Waals surface area contributed by atoms with Gasteiger partial charge < -0.3 is 24.0 Å². The number of rotatable bonds is 9. The Morgan fingerprint density at radius 3 is 2.37 bits per heavy atom. The number of nitrogens with zero attached hydrogens (tertiary/aromatic N) is 4. The molecule has 1 amide bonds. The second kappa shape index (κ2) is 11.8. The van der Waals surface area contributed by atoms with Crippen molar-refractivity contribution in [3.8, 4) is 17.1 Å². The minimum absolute atomic E-state index is 0.0106. The summed E-state index contributed by atoms with van der Waals surface area (Å²) in [4.78, 5) is 26.4. The predicted molar refractivity (Wildman–Crippen MR) is 135 cm³/mol. The van der Waals surface area contributed by atoms with Crippen LogP contribution in [0.25, 0.3) is 11.4 Å². The molecule has 4 rings (SSSR count). The Morgan fingerprint density at radius 2 is 1.69 bits per heavy atom. The summed E-state index contributed by atoms with van der Waals surface area (Å²) in [6.45, 7) is 3.07. The second-order valence-electron chi connectivity index (χ2n) is 8.42. The van der Waals surface area contributed by atoms with Gasteiger partial charge in [0.15, 0.2) is 5.82 Å². The Kier molecular flexibility index (Phi) is 8.28. The largest absolute Gasteiger partial charge is 0.497 e. The van der Waals surface area contributed by atoms with Crippen LogP contribution in [0.5, 0.6) is 5.75 Å². The topological polar surface area (TPSA) is 77.0 Å². The molecule has 1 saturated heterocycles. The summed E-state index contributed by atoms with van der Waals surface area (Å²) in [5.41, 5.74) is 3.94. The third-order valence-electron chi connectivity index (χ3n) is 6.10. The number of hydrogen-bond acceptors (Lipinski definition) is 7. The van der Waals surface area contributed by atoms with Gasteiger partial charge in [-0.15, -0.1) is 0 Å². The van der Waals surface area contributed by atoms with Crippen LogP contribution in [0, 0.1) is 0 Å². The Labute approximate surface area is 206 Å². The Bertz CT molecular complexity index is 1130. The molecule has 0 saturated carbocycles. The van der Waals surface area contributed by atoms with Gasteiger partial charge in [-0.1, -0.05) is 42.5 Å². The van der Waals surface area contributed by atoms with E-state index < -0.39 is 0 Å². The fraction of sp³-hybridized carbons (Fsp3) is 0.370. The van der Waals surface area contributed by atoms with Gasteiger partial charge in [0.25, 0.3) is 0 Å². The first-order valence-electron chi connectivity index (χ1n) is 11.7. The molecular weight excluding hydrogens is 444 g/mol. The van der Waals surface area contributed by atoms with Gasteiger partial charge in [0, 0.05) is 57.9 Å². The van der Waals surface area contributed by atoms with Crippen molar-refractivity contribution in [2.75, 3.05) is 59.0 Å². The normalized spacial score (nSPS) is 13.7. The lowest BCUT2D eigenvalue weighted by molar-refractivity contribution is -0.135. The molecule has 1 aliphatic heterocycles. The van der Waals surface area contributed by atoms with Crippen LogP contribution in [-0.2, 0) is 27.3 Å². The van der Waals surface area contributed by atoms with Gasteiger partial charge >= 0.3 is 0 Å². The molecule has 0 aliphatic carbocycles. The summed E-state index contributed by atoms with van der Waals surface area (Å²) in [6.07, 6.45) is 0.642. The molecule has 1 fully saturated rings. The first kappa shape index (κ1) is 24.6. The van der Waals surface area contributed by atoms with Crippen LogP contribution >= 0.6 is 0 Å². The van der Waals surface area contributed by atoms with E-state index in [-0.39, 0.29) is 12.5 Å². The van der Waals surface area contributed by atoms with E-state index in [4.69, 9.17) is 24.2 Å². The molecule has 2 heterocycles. The maximum absolute atomic E-state index is 12.3. The van der Waals surface area contributed by atoms with Crippen molar-refractivity contribution in [1.29, 1.82) is 0 Å². The predicted octanol–water partition coefficient (Wildman–Crippen LogP) is 3.18. The Balaban J connectivity index is 1.73. The zero-order chi connectivity index (χ0) is 24.6. The molecule has 3 aromatic rings. The molecule has 0 atom stereocenters. The number of methoxy groups -OCH3 is 3. The molecule has 1 aromatic heterocycles. The van der Waals surface area contributed by atoms with E-state index >= 15 is 0 Å². The highest BCUT2D eigenvalue weighted by atomic mass is 16.5. The van der Waals surface area contributed by atoms with Gasteiger partial charge in [-0.2, -0.15) is 0 Å². The molecule has 0 bridgehead atoms. The summed E-state index contributed by atoms with van der Waals surface area (Å²) in [7, 11) is 4.89. The summed E-state index contributed by atoms with van der Waals surface area (Å²) in [5, 5.41) is 0. The van der Waals surface area contributed by atoms with Crippen LogP contribution in [0.3, 0.4) is 0 Å². The van der Waals surface area contributed by atoms with Crippen LogP contribution in [0.1, 0.15) is 16.8 Å². The maximum atomic E-state index is 12.3. The maximum Gasteiger partial charge on any atom is 0.248 e. The third-order valence-corrected chi connectivity index (χ3v) is 6.10. The fourth-order valence-corrected chi connectivity index (χ4v) is 4.30. The molecule has 0 unspecified atom stereocenters. The van der Waals surface area contributed by atoms with Gasteiger partial charge in [0.05, 0.1) is 19.4 Å². The SMILES string of the molecule is COCC(=O)N1CCN(c2nc(-c3ccccc3)nc(COC)c2Cc2cccc(OC)c2)CC1. The molecule has 0 spiro atoms. The van der Waals surface area contributed by atoms with Crippen molar-refractivity contribution in [3.05, 3.63) is 71.4 Å². The second-order valence-corrected chi connectivity index (χ2v) is 8.42. The zero-order valence-electron chi connectivity index (χ0n) is 20.6. The average molecular weight is 477 g/mol. The quantitative estimate of drug-likeness (QED) is 0.469. The van der Waals surface area contributed by atoms with Crippen molar-refractivity contribution in [1.82, 2.24) is 14.9 Å². The minimum Gasteiger partial charge on any atom is -0.497 e. The lowest BCUT2D eigenvalue weighted by Gasteiger charge is -2.36. The summed E-state index contributed by atoms with van der Waals surface area (Å²) in [5.74, 6) is 2.37. The highest BCUT2D eigenvalue weighted by Gasteiger charge is 2.26. The lowest BCUT2D eigenvalue weighted by Crippen LogP contribution is -2.50. The number of ether oxygens (including phenoxy) is 3. The van der Waals surface area contributed by atoms with Gasteiger partial charge in [0.1, 0.15) is 18.2 Å². The fourth-order valence-electron chi connectivity index (χ4n) is 4.30. The number of carbonyl (C=O) groups is 1. The van der Waals surface area contributed by atoms with E-state index in [9.17, 15) is 4.79 Å². The van der Waals surface area contributed by atoms with E-state index in [2.05, 4.69) is 11.0 Å². The van der Waals surface area contributed by atoms with Gasteiger partial charge in [-0.05, 0) is 17.7 Å². The van der Waals surface area contributed by atoms with Crippen molar-refractivity contribution < 1.29 is 19.0 Å². The standard InChI is InChI=1S/C27H32N4O4/c1-33-18-24-23(17-20-8-7-11-22(16-20)35-3)27(29-26(28-24)21-9-5-4-6-10-21)31-14-12-30(13-15-31)25(32)19-34-2/h4-11,16H,12-15,17-19H2,1-3H3. The van der Waals surface area contributed by atoms with Crippen molar-refractivity contribution >= 4 is 11.7 Å². The first-order valence-corrected chi connectivity index (χ1v) is 11.7. The number of carbonyl (C=O) groups excluding carboxylic acids is 1. The van der Waals surface area contributed by atoms with Gasteiger partial charge in [-0.25, -0.2) is 9.97 Å². The molecule has 35 heavy (non-hydrogen) atoms. The van der Waals surface area contributed by atoms with Crippen molar-refractivity contribution in [3.63, 3.8) is 0 Å². The number of amides is 1. The van der Waals surface area contributed by atoms with Crippen LogP contribution in [0.4, 0.5) is 5.82 Å². The van der Waals surface area contributed by atoms with Crippen LogP contribution in [0.15, 0.2) is 54.6 Å². The van der Waals surface area contributed by atoms with Gasteiger partial charge in [-0.3, -0.25) is 4.79 Å². The number of piperazine rings is 1. The molecule has 184 valence electrons. The molecule has 2 aromatic carbocycles. The summed E-state index contributed by atoms with van der Waals surface area (Å²) < 4.78 is 16.0. The molecule has 0 radical (unpaired) electrons. The lowest BCUT2D eigenvalue weighted by atomic mass is 10.0. The Hall–Kier alpha value is -3.49. The average Bonchev–Trinajstić information content (AvgIpc) is 2.90. The number of aromatic nitrogens is 2. The van der Waals surface area contributed by atoms with Crippen molar-refractivity contribution in [2.24, 2.45) is 0 Å². The monoisotopic (exact) mass is 476 g/mol. The van der Waals surface area contributed by atoms with Crippen LogP contribution in [0.2, 0.25) is 0 Å². The molecule has 8 nitrogen and oxygen atoms in total. The molecule has 0 N–H and O–H groups in total. The van der Waals surface area contributed by atoms with Crippen molar-refractivity contribution in [2.45, 2.75) is 13.0 Å². The summed E-state index contributed by atoms with van der Waals surface area (Å²) in [6, 6.07) is 18.0. The van der Waals surface area contributed by atoms with E-state index in [1.165, 1.54) is 0 Å². The summed E-state index contributed by atoms with van der Waals surface area (Å²) >= 11 is 0. The first-order chi connectivity index (χ1) is 17.1. The third kappa shape index (κ3) is 5.96. The minimum atomic E-state index is 0.0106. The van der Waals surface area contributed by atoms with Crippen LogP contribution in [-0.4, -0.2) is 74.9 Å². The van der Waals surface area contributed by atoms with E-state index in [1.54, 1.807) is 21.3 Å². The molecular formula is C27H32N4O4. The highest BCUT2D eigenvalue weighted by molar-refractivity contribution is 5.77. The van der Waals surface area contributed by atoms with E-state index in [1.807, 2.05) is 53.4 Å². The van der Waals surface area contributed by atoms with E-state index in [0.29, 0.717) is 45.0 Å². The number of hydrogen-bond donors (Lipinski definition) is 0. The van der Waals surface area contributed by atoms with Gasteiger partial charge in [0.2, 0.25) is 5.91 Å². The highest BCUT2D eigenvalue weighted by Crippen LogP contribution is 2.30. The molecule has 8 heteroatoms. The molecule has 1 aliphatic rings. The smallest absolute Gasteiger partial charge is 0.248 e. The zero-order valence-corrected chi connectivity index (χ0v) is 20.6. The number of benzene rings is 2.